The van der Waals surface area contributed by atoms with E-state index in [1.807, 2.05) is 0 Å². The SMILES string of the molecule is COC(=O)NC1=C(C(=O)O)N2C(=O)C(N)CN2C1. The molecular weight excluding hydrogens is 244 g/mol. The third kappa shape index (κ3) is 1.79. The minimum absolute atomic E-state index is 0.0934. The monoisotopic (exact) mass is 256 g/mol. The molecule has 98 valence electrons. The Balaban J connectivity index is 2.32. The second-order valence-corrected chi connectivity index (χ2v) is 3.85. The maximum absolute atomic E-state index is 11.7. The molecule has 4 N–H and O–H groups in total. The van der Waals surface area contributed by atoms with Gasteiger partial charge in [-0.15, -0.1) is 0 Å². The lowest BCUT2D eigenvalue weighted by Crippen LogP contribution is -2.37. The number of carboxylic acid groups (broad SMARTS) is 1. The van der Waals surface area contributed by atoms with Gasteiger partial charge in [-0.2, -0.15) is 0 Å². The molecule has 1 fully saturated rings. The summed E-state index contributed by atoms with van der Waals surface area (Å²) in [5.41, 5.74) is 5.36. The van der Waals surface area contributed by atoms with Crippen molar-refractivity contribution in [3.8, 4) is 0 Å². The number of aliphatic carboxylic acids is 1. The first kappa shape index (κ1) is 12.3. The van der Waals surface area contributed by atoms with Crippen LogP contribution in [-0.4, -0.2) is 59.3 Å². The quantitative estimate of drug-likeness (QED) is 0.523. The van der Waals surface area contributed by atoms with Gasteiger partial charge in [0, 0.05) is 6.54 Å². The minimum atomic E-state index is -1.31. The zero-order valence-corrected chi connectivity index (χ0v) is 9.54. The normalized spacial score (nSPS) is 23.3. The number of hydrogen-bond donors (Lipinski definition) is 3. The topological polar surface area (TPSA) is 125 Å². The molecule has 1 atom stereocenters. The number of amides is 2. The van der Waals surface area contributed by atoms with Crippen LogP contribution in [0.25, 0.3) is 0 Å². The van der Waals surface area contributed by atoms with Crippen LogP contribution in [0.2, 0.25) is 0 Å². The molecule has 0 saturated carbocycles. The lowest BCUT2D eigenvalue weighted by atomic mass is 10.2. The van der Waals surface area contributed by atoms with Crippen LogP contribution in [0.1, 0.15) is 0 Å². The molecule has 0 bridgehead atoms. The molecule has 2 aliphatic rings. The van der Waals surface area contributed by atoms with E-state index in [4.69, 9.17) is 10.8 Å². The van der Waals surface area contributed by atoms with Gasteiger partial charge in [0.05, 0.1) is 19.4 Å². The zero-order chi connectivity index (χ0) is 13.4. The lowest BCUT2D eigenvalue weighted by molar-refractivity contribution is -0.143. The molecule has 0 radical (unpaired) electrons. The molecule has 2 rings (SSSR count). The van der Waals surface area contributed by atoms with Crippen LogP contribution in [0, 0.1) is 0 Å². The first-order valence-corrected chi connectivity index (χ1v) is 5.11. The standard InChI is InChI=1S/C9H12N4O5/c1-18-9(17)11-5-3-12-2-4(10)7(14)13(12)6(5)8(15)16/h4H,2-3,10H2,1H3,(H,11,17)(H,15,16). The number of hydrogen-bond acceptors (Lipinski definition) is 6. The number of carboxylic acids is 1. The Labute approximate surface area is 102 Å². The van der Waals surface area contributed by atoms with Crippen LogP contribution in [0.3, 0.4) is 0 Å². The summed E-state index contributed by atoms with van der Waals surface area (Å²) in [6, 6.07) is -0.751. The fraction of sp³-hybridized carbons (Fsp3) is 0.444. The average Bonchev–Trinajstić information content (AvgIpc) is 2.77. The number of rotatable bonds is 2. The molecule has 0 aromatic heterocycles. The van der Waals surface area contributed by atoms with Crippen molar-refractivity contribution in [2.75, 3.05) is 20.2 Å². The van der Waals surface area contributed by atoms with Crippen molar-refractivity contribution in [1.29, 1.82) is 0 Å². The number of methoxy groups -OCH3 is 1. The van der Waals surface area contributed by atoms with Gasteiger partial charge in [0.25, 0.3) is 5.91 Å². The molecule has 18 heavy (non-hydrogen) atoms. The number of nitrogens with zero attached hydrogens (tertiary/aromatic N) is 2. The van der Waals surface area contributed by atoms with Gasteiger partial charge in [-0.3, -0.25) is 10.1 Å². The molecule has 1 unspecified atom stereocenters. The van der Waals surface area contributed by atoms with Gasteiger partial charge in [-0.05, 0) is 0 Å². The largest absolute Gasteiger partial charge is 0.476 e. The third-order valence-electron chi connectivity index (χ3n) is 2.70. The predicted molar refractivity (Wildman–Crippen MR) is 56.6 cm³/mol. The third-order valence-corrected chi connectivity index (χ3v) is 2.70. The Morgan fingerprint density at radius 3 is 2.78 bits per heavy atom. The van der Waals surface area contributed by atoms with Crippen molar-refractivity contribution in [1.82, 2.24) is 15.3 Å². The number of carbonyl (C=O) groups is 3. The van der Waals surface area contributed by atoms with Crippen molar-refractivity contribution in [3.05, 3.63) is 11.4 Å². The summed E-state index contributed by atoms with van der Waals surface area (Å²) in [5, 5.41) is 13.8. The van der Waals surface area contributed by atoms with E-state index in [1.165, 1.54) is 5.01 Å². The molecule has 9 nitrogen and oxygen atoms in total. The van der Waals surface area contributed by atoms with Gasteiger partial charge in [0.15, 0.2) is 5.70 Å². The number of carbonyl (C=O) groups excluding carboxylic acids is 2. The summed E-state index contributed by atoms with van der Waals surface area (Å²) in [5.74, 6) is -1.82. The van der Waals surface area contributed by atoms with Crippen LogP contribution < -0.4 is 11.1 Å². The summed E-state index contributed by atoms with van der Waals surface area (Å²) in [6.07, 6.45) is -0.789. The van der Waals surface area contributed by atoms with E-state index in [2.05, 4.69) is 10.1 Å². The highest BCUT2D eigenvalue weighted by Gasteiger charge is 2.46. The average molecular weight is 256 g/mol. The van der Waals surface area contributed by atoms with Crippen molar-refractivity contribution >= 4 is 18.0 Å². The zero-order valence-electron chi connectivity index (χ0n) is 9.54. The van der Waals surface area contributed by atoms with Gasteiger partial charge < -0.3 is 15.6 Å². The van der Waals surface area contributed by atoms with E-state index >= 15 is 0 Å². The highest BCUT2D eigenvalue weighted by Crippen LogP contribution is 2.27. The van der Waals surface area contributed by atoms with Gasteiger partial charge in [0.2, 0.25) is 0 Å². The Hall–Kier alpha value is -2.13. The summed E-state index contributed by atoms with van der Waals surface area (Å²) in [4.78, 5) is 34.0. The van der Waals surface area contributed by atoms with E-state index in [-0.39, 0.29) is 24.5 Å². The van der Waals surface area contributed by atoms with Crippen molar-refractivity contribution in [2.45, 2.75) is 6.04 Å². The maximum Gasteiger partial charge on any atom is 0.411 e. The first-order chi connectivity index (χ1) is 8.45. The first-order valence-electron chi connectivity index (χ1n) is 5.11. The van der Waals surface area contributed by atoms with E-state index in [0.29, 0.717) is 0 Å². The summed E-state index contributed by atoms with van der Waals surface area (Å²) in [7, 11) is 1.16. The van der Waals surface area contributed by atoms with Crippen LogP contribution >= 0.6 is 0 Å². The predicted octanol–water partition coefficient (Wildman–Crippen LogP) is -1.96. The minimum Gasteiger partial charge on any atom is -0.476 e. The molecule has 0 spiro atoms. The highest BCUT2D eigenvalue weighted by atomic mass is 16.5. The van der Waals surface area contributed by atoms with E-state index in [9.17, 15) is 14.4 Å². The van der Waals surface area contributed by atoms with Gasteiger partial charge in [0.1, 0.15) is 6.04 Å². The smallest absolute Gasteiger partial charge is 0.411 e. The molecule has 0 aliphatic carbocycles. The van der Waals surface area contributed by atoms with Crippen molar-refractivity contribution < 1.29 is 24.2 Å². The number of hydrazine groups is 1. The molecule has 0 aromatic carbocycles. The Morgan fingerprint density at radius 1 is 1.56 bits per heavy atom. The molecular formula is C9H12N4O5. The molecule has 0 aromatic rings. The summed E-state index contributed by atoms with van der Waals surface area (Å²) >= 11 is 0. The summed E-state index contributed by atoms with van der Waals surface area (Å²) < 4.78 is 4.39. The lowest BCUT2D eigenvalue weighted by Gasteiger charge is -2.18. The fourth-order valence-electron chi connectivity index (χ4n) is 1.95. The van der Waals surface area contributed by atoms with Gasteiger partial charge >= 0.3 is 12.1 Å². The second kappa shape index (κ2) is 4.27. The van der Waals surface area contributed by atoms with Crippen LogP contribution in [0.4, 0.5) is 4.79 Å². The number of nitrogens with one attached hydrogen (secondary N) is 1. The number of nitrogens with two attached hydrogens (primary N) is 1. The molecule has 1 saturated heterocycles. The molecule has 2 amide bonds. The Kier molecular flexibility index (Phi) is 2.93. The Bertz CT molecular complexity index is 460. The van der Waals surface area contributed by atoms with Crippen molar-refractivity contribution in [3.63, 3.8) is 0 Å². The Morgan fingerprint density at radius 2 is 2.22 bits per heavy atom. The van der Waals surface area contributed by atoms with Gasteiger partial charge in [-0.1, -0.05) is 0 Å². The van der Waals surface area contributed by atoms with Crippen LogP contribution in [0.5, 0.6) is 0 Å². The number of fused-ring (bicyclic) bond motifs is 1. The summed E-state index contributed by atoms with van der Waals surface area (Å²) in [6.45, 7) is 0.304. The number of ether oxygens (including phenoxy) is 1. The fourth-order valence-corrected chi connectivity index (χ4v) is 1.95. The van der Waals surface area contributed by atoms with Gasteiger partial charge in [-0.25, -0.2) is 19.6 Å². The molecule has 9 heteroatoms. The van der Waals surface area contributed by atoms with Crippen LogP contribution in [-0.2, 0) is 14.3 Å². The van der Waals surface area contributed by atoms with E-state index in [0.717, 1.165) is 12.1 Å². The molecule has 2 heterocycles. The second-order valence-electron chi connectivity index (χ2n) is 3.85. The van der Waals surface area contributed by atoms with E-state index < -0.39 is 24.0 Å². The molecule has 2 aliphatic heterocycles. The number of alkyl carbamates (subject to hydrolysis) is 1. The van der Waals surface area contributed by atoms with Crippen molar-refractivity contribution in [2.24, 2.45) is 5.73 Å². The maximum atomic E-state index is 11.7. The highest BCUT2D eigenvalue weighted by molar-refractivity contribution is 5.97. The van der Waals surface area contributed by atoms with Crippen LogP contribution in [0.15, 0.2) is 11.4 Å². The van der Waals surface area contributed by atoms with E-state index in [1.54, 1.807) is 0 Å².